The molecular formula is C20H25BN2O4. The fourth-order valence-electron chi connectivity index (χ4n) is 3.36. The van der Waals surface area contributed by atoms with Crippen molar-refractivity contribution in [1.29, 1.82) is 0 Å². The zero-order valence-electron chi connectivity index (χ0n) is 16.5. The van der Waals surface area contributed by atoms with Crippen LogP contribution in [0, 0.1) is 0 Å². The maximum Gasteiger partial charge on any atom is 0.494 e. The average Bonchev–Trinajstić information content (AvgIpc) is 3.32. The first kappa shape index (κ1) is 18.3. The summed E-state index contributed by atoms with van der Waals surface area (Å²) in [5.41, 5.74) is 2.50. The minimum atomic E-state index is -0.435. The number of hydrogen-bond donors (Lipinski definition) is 0. The van der Waals surface area contributed by atoms with Gasteiger partial charge in [0.05, 0.1) is 35.9 Å². The van der Waals surface area contributed by atoms with E-state index < -0.39 is 18.3 Å². The van der Waals surface area contributed by atoms with Crippen LogP contribution < -0.4 is 5.46 Å². The highest BCUT2D eigenvalue weighted by molar-refractivity contribution is 6.62. The van der Waals surface area contributed by atoms with Gasteiger partial charge in [-0.15, -0.1) is 0 Å². The molecule has 0 radical (unpaired) electrons. The van der Waals surface area contributed by atoms with Gasteiger partial charge in [-0.3, -0.25) is 0 Å². The number of rotatable bonds is 4. The molecule has 0 N–H and O–H groups in total. The predicted octanol–water partition coefficient (Wildman–Crippen LogP) is 2.84. The van der Waals surface area contributed by atoms with Gasteiger partial charge < -0.3 is 14.0 Å². The van der Waals surface area contributed by atoms with E-state index in [9.17, 15) is 4.79 Å². The molecule has 4 rings (SSSR count). The van der Waals surface area contributed by atoms with Crippen LogP contribution >= 0.6 is 0 Å². The van der Waals surface area contributed by atoms with Crippen LogP contribution in [0.4, 0.5) is 0 Å². The summed E-state index contributed by atoms with van der Waals surface area (Å²) in [6.07, 6.45) is 3.72. The molecule has 0 bridgehead atoms. The van der Waals surface area contributed by atoms with Gasteiger partial charge in [-0.2, -0.15) is 5.10 Å². The van der Waals surface area contributed by atoms with Crippen LogP contribution in [0.5, 0.6) is 0 Å². The van der Waals surface area contributed by atoms with Gasteiger partial charge in [-0.25, -0.2) is 9.48 Å². The molecule has 0 spiro atoms. The summed E-state index contributed by atoms with van der Waals surface area (Å²) < 4.78 is 19.1. The number of benzene rings is 1. The Labute approximate surface area is 159 Å². The van der Waals surface area contributed by atoms with Gasteiger partial charge in [-0.05, 0) is 58.1 Å². The molecule has 0 atom stereocenters. The van der Waals surface area contributed by atoms with Crippen LogP contribution in [-0.2, 0) is 14.0 Å². The van der Waals surface area contributed by atoms with Crippen LogP contribution in [-0.4, -0.2) is 41.2 Å². The molecule has 2 aliphatic rings. The summed E-state index contributed by atoms with van der Waals surface area (Å²) >= 11 is 0. The first-order valence-corrected chi connectivity index (χ1v) is 9.36. The fraction of sp³-hybridized carbons (Fsp3) is 0.500. The molecule has 27 heavy (non-hydrogen) atoms. The summed E-state index contributed by atoms with van der Waals surface area (Å²) in [5, 5.41) is 4.48. The minimum absolute atomic E-state index is 0.342. The van der Waals surface area contributed by atoms with E-state index in [1.165, 1.54) is 7.11 Å². The number of esters is 1. The Bertz CT molecular complexity index is 870. The summed E-state index contributed by atoms with van der Waals surface area (Å²) in [6, 6.07) is 7.95. The molecule has 1 aromatic carbocycles. The molecule has 7 heteroatoms. The van der Waals surface area contributed by atoms with Gasteiger partial charge in [0.2, 0.25) is 0 Å². The monoisotopic (exact) mass is 368 g/mol. The molecule has 0 unspecified atom stereocenters. The van der Waals surface area contributed by atoms with Crippen LogP contribution in [0.15, 0.2) is 30.5 Å². The lowest BCUT2D eigenvalue weighted by Crippen LogP contribution is -2.41. The third-order valence-electron chi connectivity index (χ3n) is 5.82. The largest absolute Gasteiger partial charge is 0.494 e. The highest BCUT2D eigenvalue weighted by Crippen LogP contribution is 2.42. The van der Waals surface area contributed by atoms with Crippen molar-refractivity contribution < 1.29 is 18.8 Å². The summed E-state index contributed by atoms with van der Waals surface area (Å²) in [6.45, 7) is 8.16. The van der Waals surface area contributed by atoms with Crippen LogP contribution in [0.25, 0.3) is 5.69 Å². The van der Waals surface area contributed by atoms with Crippen molar-refractivity contribution >= 4 is 18.6 Å². The van der Waals surface area contributed by atoms with Gasteiger partial charge in [-0.1, -0.05) is 12.1 Å². The van der Waals surface area contributed by atoms with E-state index >= 15 is 0 Å². The van der Waals surface area contributed by atoms with E-state index in [1.54, 1.807) is 6.20 Å². The lowest BCUT2D eigenvalue weighted by Gasteiger charge is -2.32. The number of hydrogen-bond acceptors (Lipinski definition) is 5. The maximum atomic E-state index is 12.1. The second kappa shape index (κ2) is 6.21. The Morgan fingerprint density at radius 1 is 1.22 bits per heavy atom. The summed E-state index contributed by atoms with van der Waals surface area (Å²) in [4.78, 5) is 12.1. The SMILES string of the molecule is COC(=O)c1cnn(-c2cccc(B3OC(C)(C)C(C)(C)O3)c2)c1C1CC1. The third-order valence-corrected chi connectivity index (χ3v) is 5.82. The van der Waals surface area contributed by atoms with E-state index in [0.717, 1.165) is 29.7 Å². The zero-order chi connectivity index (χ0) is 19.4. The number of carbonyl (C=O) groups is 1. The molecule has 1 saturated heterocycles. The van der Waals surface area contributed by atoms with Crippen LogP contribution in [0.3, 0.4) is 0 Å². The van der Waals surface area contributed by atoms with Crippen molar-refractivity contribution in [3.05, 3.63) is 41.7 Å². The lowest BCUT2D eigenvalue weighted by molar-refractivity contribution is 0.00578. The Morgan fingerprint density at radius 3 is 2.48 bits per heavy atom. The summed E-state index contributed by atoms with van der Waals surface area (Å²) in [5.74, 6) is 0.00682. The second-order valence-corrected chi connectivity index (χ2v) is 8.30. The highest BCUT2D eigenvalue weighted by Gasteiger charge is 2.51. The molecule has 1 aromatic heterocycles. The molecule has 2 aromatic rings. The number of ether oxygens (including phenoxy) is 1. The highest BCUT2D eigenvalue weighted by atomic mass is 16.7. The Balaban J connectivity index is 1.70. The van der Waals surface area contributed by atoms with E-state index in [2.05, 4.69) is 5.10 Å². The smallest absolute Gasteiger partial charge is 0.465 e. The maximum absolute atomic E-state index is 12.1. The van der Waals surface area contributed by atoms with E-state index in [1.807, 2.05) is 56.6 Å². The van der Waals surface area contributed by atoms with Crippen molar-refractivity contribution in [3.63, 3.8) is 0 Å². The standard InChI is InChI=1S/C20H25BN2O4/c1-19(2)20(3,4)27-21(26-19)14-7-6-8-15(11-14)23-17(13-9-10-13)16(12-22-23)18(24)25-5/h6-8,11-13H,9-10H2,1-5H3. The predicted molar refractivity (Wildman–Crippen MR) is 103 cm³/mol. The molecule has 1 saturated carbocycles. The molecule has 1 aliphatic heterocycles. The normalized spacial score (nSPS) is 20.7. The van der Waals surface area contributed by atoms with Crippen molar-refractivity contribution in [1.82, 2.24) is 9.78 Å². The van der Waals surface area contributed by atoms with Gasteiger partial charge in [0.1, 0.15) is 5.56 Å². The van der Waals surface area contributed by atoms with Crippen molar-refractivity contribution in [2.45, 2.75) is 57.7 Å². The molecule has 142 valence electrons. The van der Waals surface area contributed by atoms with E-state index in [0.29, 0.717) is 11.5 Å². The zero-order valence-corrected chi connectivity index (χ0v) is 16.5. The Morgan fingerprint density at radius 2 is 1.89 bits per heavy atom. The quantitative estimate of drug-likeness (QED) is 0.614. The van der Waals surface area contributed by atoms with E-state index in [4.69, 9.17) is 14.0 Å². The minimum Gasteiger partial charge on any atom is -0.465 e. The van der Waals surface area contributed by atoms with Crippen LogP contribution in [0.1, 0.15) is 62.5 Å². The number of aromatic nitrogens is 2. The van der Waals surface area contributed by atoms with Crippen molar-refractivity contribution in [3.8, 4) is 5.69 Å². The topological polar surface area (TPSA) is 62.6 Å². The van der Waals surface area contributed by atoms with Gasteiger partial charge >= 0.3 is 13.1 Å². The molecular weight excluding hydrogens is 343 g/mol. The first-order chi connectivity index (χ1) is 12.7. The number of methoxy groups -OCH3 is 1. The van der Waals surface area contributed by atoms with Gasteiger partial charge in [0, 0.05) is 5.92 Å². The number of carbonyl (C=O) groups excluding carboxylic acids is 1. The van der Waals surface area contributed by atoms with Crippen molar-refractivity contribution in [2.24, 2.45) is 0 Å². The fourth-order valence-corrected chi connectivity index (χ4v) is 3.36. The van der Waals surface area contributed by atoms with Gasteiger partial charge in [0.25, 0.3) is 0 Å². The van der Waals surface area contributed by atoms with Crippen LogP contribution in [0.2, 0.25) is 0 Å². The number of nitrogens with zero attached hydrogens (tertiary/aromatic N) is 2. The third kappa shape index (κ3) is 3.09. The van der Waals surface area contributed by atoms with Crippen molar-refractivity contribution in [2.75, 3.05) is 7.11 Å². The molecule has 0 amide bonds. The van der Waals surface area contributed by atoms with E-state index in [-0.39, 0.29) is 5.97 Å². The average molecular weight is 368 g/mol. The molecule has 1 aliphatic carbocycles. The van der Waals surface area contributed by atoms with Gasteiger partial charge in [0.15, 0.2) is 0 Å². The molecule has 6 nitrogen and oxygen atoms in total. The molecule has 2 fully saturated rings. The Hall–Kier alpha value is -2.12. The molecule has 2 heterocycles. The summed E-state index contributed by atoms with van der Waals surface area (Å²) in [7, 11) is 0.963. The first-order valence-electron chi connectivity index (χ1n) is 9.36. The Kier molecular flexibility index (Phi) is 4.20. The lowest BCUT2D eigenvalue weighted by atomic mass is 9.79. The second-order valence-electron chi connectivity index (χ2n) is 8.30.